The maximum Gasteiger partial charge on any atom is 0.254 e. The molecule has 174 valence electrons. The molecule has 0 N–H and O–H groups in total. The van der Waals surface area contributed by atoms with E-state index in [9.17, 15) is 4.79 Å². The van der Waals surface area contributed by atoms with Crippen molar-refractivity contribution >= 4 is 33.3 Å². The predicted molar refractivity (Wildman–Crippen MR) is 133 cm³/mol. The molecule has 2 aliphatic heterocycles. The number of carbonyl (C=O) groups excluding carboxylic acids is 1. The van der Waals surface area contributed by atoms with Gasteiger partial charge in [-0.25, -0.2) is 9.97 Å². The minimum Gasteiger partial charge on any atom is -0.497 e. The second kappa shape index (κ2) is 9.27. The highest BCUT2D eigenvalue weighted by Gasteiger charge is 2.28. The molecule has 0 radical (unpaired) electrons. The van der Waals surface area contributed by atoms with E-state index < -0.39 is 0 Å². The van der Waals surface area contributed by atoms with Crippen LogP contribution in [0.4, 0.5) is 5.82 Å². The quantitative estimate of drug-likeness (QED) is 0.574. The number of nitrogens with zero attached hydrogens (tertiary/aromatic N) is 5. The van der Waals surface area contributed by atoms with E-state index in [0.29, 0.717) is 24.4 Å². The van der Waals surface area contributed by atoms with Gasteiger partial charge >= 0.3 is 0 Å². The molecule has 0 unspecified atom stereocenters. The van der Waals surface area contributed by atoms with E-state index >= 15 is 0 Å². The Bertz CT molecular complexity index is 1170. The summed E-state index contributed by atoms with van der Waals surface area (Å²) in [7, 11) is 1.62. The lowest BCUT2D eigenvalue weighted by Crippen LogP contribution is -2.49. The van der Waals surface area contributed by atoms with Gasteiger partial charge in [0.1, 0.15) is 22.2 Å². The zero-order chi connectivity index (χ0) is 22.9. The lowest BCUT2D eigenvalue weighted by molar-refractivity contribution is 0.0746. The monoisotopic (exact) mass is 465 g/mol. The third kappa shape index (κ3) is 4.17. The minimum absolute atomic E-state index is 0.0585. The first-order valence-electron chi connectivity index (χ1n) is 11.8. The van der Waals surface area contributed by atoms with Crippen molar-refractivity contribution in [2.75, 3.05) is 51.3 Å². The molecule has 0 atom stereocenters. The van der Waals surface area contributed by atoms with Crippen LogP contribution in [0.1, 0.15) is 40.5 Å². The molecule has 2 aromatic heterocycles. The van der Waals surface area contributed by atoms with Gasteiger partial charge in [0.15, 0.2) is 0 Å². The number of benzene rings is 1. The first-order valence-corrected chi connectivity index (χ1v) is 12.6. The molecular formula is C25H31N5O2S. The second-order valence-corrected chi connectivity index (χ2v) is 9.71. The number of aryl methyl sites for hydroxylation is 1. The zero-order valence-corrected chi connectivity index (χ0v) is 20.5. The number of likely N-dealkylation sites (N-methyl/N-ethyl adjacent to an activating group) is 1. The molecule has 4 heterocycles. The number of methoxy groups -OCH3 is 1. The van der Waals surface area contributed by atoms with Crippen LogP contribution in [0, 0.1) is 0 Å². The van der Waals surface area contributed by atoms with Crippen molar-refractivity contribution in [3.8, 4) is 5.75 Å². The first-order chi connectivity index (χ1) is 16.1. The Morgan fingerprint density at radius 1 is 1.12 bits per heavy atom. The van der Waals surface area contributed by atoms with Crippen LogP contribution in [0.15, 0.2) is 24.3 Å². The van der Waals surface area contributed by atoms with E-state index in [1.54, 1.807) is 7.11 Å². The minimum atomic E-state index is 0.0585. The Balaban J connectivity index is 1.40. The first kappa shape index (κ1) is 22.1. The van der Waals surface area contributed by atoms with Gasteiger partial charge in [-0.3, -0.25) is 9.69 Å². The fourth-order valence-electron chi connectivity index (χ4n) is 4.79. The van der Waals surface area contributed by atoms with Gasteiger partial charge in [-0.1, -0.05) is 19.9 Å². The second-order valence-electron chi connectivity index (χ2n) is 8.63. The highest BCUT2D eigenvalue weighted by molar-refractivity contribution is 7.19. The van der Waals surface area contributed by atoms with Crippen LogP contribution in [-0.4, -0.2) is 72.1 Å². The number of hydrogen-bond acceptors (Lipinski definition) is 7. The van der Waals surface area contributed by atoms with Crippen LogP contribution in [0.2, 0.25) is 0 Å². The molecule has 1 saturated heterocycles. The fourth-order valence-corrected chi connectivity index (χ4v) is 6.06. The molecule has 2 aliphatic rings. The van der Waals surface area contributed by atoms with Crippen LogP contribution < -0.4 is 9.64 Å². The van der Waals surface area contributed by atoms with Gasteiger partial charge in [0.05, 0.1) is 12.5 Å². The van der Waals surface area contributed by atoms with Crippen molar-refractivity contribution in [2.24, 2.45) is 0 Å². The third-order valence-electron chi connectivity index (χ3n) is 6.75. The number of anilines is 1. The number of thiophene rings is 1. The lowest BCUT2D eigenvalue weighted by Gasteiger charge is -2.36. The van der Waals surface area contributed by atoms with Gasteiger partial charge in [0.2, 0.25) is 0 Å². The summed E-state index contributed by atoms with van der Waals surface area (Å²) >= 11 is 1.84. The van der Waals surface area contributed by atoms with Crippen molar-refractivity contribution < 1.29 is 9.53 Å². The van der Waals surface area contributed by atoms with Crippen molar-refractivity contribution in [1.82, 2.24) is 19.8 Å². The van der Waals surface area contributed by atoms with Crippen LogP contribution in [0.25, 0.3) is 10.2 Å². The summed E-state index contributed by atoms with van der Waals surface area (Å²) in [6.07, 6.45) is 1.88. The van der Waals surface area contributed by atoms with E-state index in [1.807, 2.05) is 40.5 Å². The van der Waals surface area contributed by atoms with Crippen LogP contribution in [-0.2, 0) is 19.4 Å². The summed E-state index contributed by atoms with van der Waals surface area (Å²) < 4.78 is 5.29. The van der Waals surface area contributed by atoms with Gasteiger partial charge in [0.25, 0.3) is 5.91 Å². The van der Waals surface area contributed by atoms with Gasteiger partial charge in [-0.2, -0.15) is 0 Å². The van der Waals surface area contributed by atoms with Gasteiger partial charge in [-0.05, 0) is 36.7 Å². The molecule has 1 fully saturated rings. The van der Waals surface area contributed by atoms with Crippen LogP contribution >= 0.6 is 11.3 Å². The Labute approximate surface area is 199 Å². The number of amides is 1. The van der Waals surface area contributed by atoms with Gasteiger partial charge < -0.3 is 14.5 Å². The lowest BCUT2D eigenvalue weighted by atomic mass is 10.0. The summed E-state index contributed by atoms with van der Waals surface area (Å²) in [6, 6.07) is 7.40. The molecule has 0 aliphatic carbocycles. The third-order valence-corrected chi connectivity index (χ3v) is 7.86. The van der Waals surface area contributed by atoms with E-state index in [2.05, 4.69) is 23.6 Å². The van der Waals surface area contributed by atoms with Crippen LogP contribution in [0.3, 0.4) is 0 Å². The average molecular weight is 466 g/mol. The molecule has 1 amide bonds. The molecule has 3 aromatic rings. The van der Waals surface area contributed by atoms with Gasteiger partial charge in [0, 0.05) is 56.1 Å². The number of rotatable bonds is 5. The number of ether oxygens (including phenoxy) is 1. The van der Waals surface area contributed by atoms with E-state index in [4.69, 9.17) is 14.7 Å². The van der Waals surface area contributed by atoms with E-state index in [1.165, 1.54) is 15.8 Å². The number of fused-ring (bicyclic) bond motifs is 3. The topological polar surface area (TPSA) is 61.8 Å². The highest BCUT2D eigenvalue weighted by atomic mass is 32.1. The maximum atomic E-state index is 13.1. The number of piperazine rings is 1. The van der Waals surface area contributed by atoms with E-state index in [-0.39, 0.29) is 5.91 Å². The fraction of sp³-hybridized carbons (Fsp3) is 0.480. The summed E-state index contributed by atoms with van der Waals surface area (Å²) in [5, 5.41) is 1.25. The molecule has 5 rings (SSSR count). The number of carbonyl (C=O) groups is 1. The molecule has 33 heavy (non-hydrogen) atoms. The van der Waals surface area contributed by atoms with Crippen LogP contribution in [0.5, 0.6) is 5.75 Å². The Morgan fingerprint density at radius 2 is 1.94 bits per heavy atom. The maximum absolute atomic E-state index is 13.1. The summed E-state index contributed by atoms with van der Waals surface area (Å²) in [6.45, 7) is 10.4. The molecule has 0 spiro atoms. The zero-order valence-electron chi connectivity index (χ0n) is 19.6. The average Bonchev–Trinajstić information content (AvgIpc) is 3.25. The SMILES string of the molecule is CCc1nc(N2CCN(C(=O)c3cccc(OC)c3)CC2)c2c3c(sc2n1)CN(CC)CC3. The largest absolute Gasteiger partial charge is 0.497 e. The molecule has 8 heteroatoms. The summed E-state index contributed by atoms with van der Waals surface area (Å²) in [5.41, 5.74) is 2.11. The van der Waals surface area contributed by atoms with Crippen molar-refractivity contribution in [3.63, 3.8) is 0 Å². The Kier molecular flexibility index (Phi) is 6.21. The molecule has 1 aromatic carbocycles. The molecular weight excluding hydrogens is 434 g/mol. The summed E-state index contributed by atoms with van der Waals surface area (Å²) in [5.74, 6) is 2.73. The standard InChI is InChI=1S/C25H31N5O2S/c1-4-21-26-23(22-19-9-10-28(5-2)16-20(19)33-24(22)27-21)29-11-13-30(14-12-29)25(31)17-7-6-8-18(15-17)32-3/h6-8,15H,4-5,9-14,16H2,1-3H3. The van der Waals surface area contributed by atoms with Crippen molar-refractivity contribution in [2.45, 2.75) is 33.2 Å². The molecule has 7 nitrogen and oxygen atoms in total. The van der Waals surface area contributed by atoms with Crippen molar-refractivity contribution in [3.05, 3.63) is 46.1 Å². The van der Waals surface area contributed by atoms with E-state index in [0.717, 1.165) is 62.0 Å². The van der Waals surface area contributed by atoms with Gasteiger partial charge in [-0.15, -0.1) is 11.3 Å². The Hall–Kier alpha value is -2.71. The molecule has 0 bridgehead atoms. The normalized spacial score (nSPS) is 16.8. The smallest absolute Gasteiger partial charge is 0.254 e. The number of aromatic nitrogens is 2. The highest BCUT2D eigenvalue weighted by Crippen LogP contribution is 2.39. The summed E-state index contributed by atoms with van der Waals surface area (Å²) in [4.78, 5) is 32.3. The predicted octanol–water partition coefficient (Wildman–Crippen LogP) is 3.60. The Morgan fingerprint density at radius 3 is 2.67 bits per heavy atom. The molecule has 0 saturated carbocycles. The van der Waals surface area contributed by atoms with Crippen molar-refractivity contribution in [1.29, 1.82) is 0 Å². The number of hydrogen-bond donors (Lipinski definition) is 0.